The average molecular weight is 403 g/mol. The molecule has 1 aromatic heterocycles. The zero-order valence-corrected chi connectivity index (χ0v) is 18.1. The molecule has 1 amide bonds. The summed E-state index contributed by atoms with van der Waals surface area (Å²) in [5.74, 6) is 0.523. The minimum atomic E-state index is -0.188. The Morgan fingerprint density at radius 1 is 1.25 bits per heavy atom. The summed E-state index contributed by atoms with van der Waals surface area (Å²) < 4.78 is 13.9. The lowest BCUT2D eigenvalue weighted by molar-refractivity contribution is -0.136. The highest BCUT2D eigenvalue weighted by Gasteiger charge is 2.36. The topological polar surface area (TPSA) is 23.6 Å². The van der Waals surface area contributed by atoms with Gasteiger partial charge < -0.3 is 4.90 Å². The molecule has 0 saturated carbocycles. The third-order valence-electron chi connectivity index (χ3n) is 5.61. The molecule has 2 heterocycles. The minimum Gasteiger partial charge on any atom is -0.340 e. The van der Waals surface area contributed by atoms with Crippen molar-refractivity contribution in [2.45, 2.75) is 46.2 Å². The van der Waals surface area contributed by atoms with Crippen LogP contribution in [0.25, 0.3) is 0 Å². The molecule has 1 aromatic carbocycles. The van der Waals surface area contributed by atoms with Gasteiger partial charge in [-0.05, 0) is 59.9 Å². The average Bonchev–Trinajstić information content (AvgIpc) is 3.29. The number of amides is 1. The Balaban J connectivity index is 1.82. The molecular formula is C23H31FN2OS. The molecular weight excluding hydrogens is 371 g/mol. The number of thiophene rings is 1. The van der Waals surface area contributed by atoms with E-state index in [9.17, 15) is 9.18 Å². The van der Waals surface area contributed by atoms with Crippen LogP contribution in [0.15, 0.2) is 41.1 Å². The molecule has 0 bridgehead atoms. The van der Waals surface area contributed by atoms with E-state index in [1.54, 1.807) is 23.5 Å². The SMILES string of the molecule is CC(C)C(=O)N(CC1CN(Cc2ccsc2)CC1c1cccc(F)c1)C(C)C. The molecule has 2 unspecified atom stereocenters. The van der Waals surface area contributed by atoms with Crippen molar-refractivity contribution in [3.8, 4) is 0 Å². The highest BCUT2D eigenvalue weighted by atomic mass is 32.1. The number of carbonyl (C=O) groups is 1. The largest absolute Gasteiger partial charge is 0.340 e. The van der Waals surface area contributed by atoms with Crippen LogP contribution in [0.4, 0.5) is 4.39 Å². The maximum absolute atomic E-state index is 13.9. The number of nitrogens with zero attached hydrogens (tertiary/aromatic N) is 2. The second kappa shape index (κ2) is 9.19. The molecule has 0 aliphatic carbocycles. The third kappa shape index (κ3) is 5.00. The van der Waals surface area contributed by atoms with Crippen molar-refractivity contribution in [3.63, 3.8) is 0 Å². The molecule has 28 heavy (non-hydrogen) atoms. The summed E-state index contributed by atoms with van der Waals surface area (Å²) >= 11 is 1.72. The maximum Gasteiger partial charge on any atom is 0.225 e. The number of likely N-dealkylation sites (tertiary alicyclic amines) is 1. The first-order valence-electron chi connectivity index (χ1n) is 10.1. The highest BCUT2D eigenvalue weighted by molar-refractivity contribution is 7.07. The Morgan fingerprint density at radius 2 is 2.04 bits per heavy atom. The Hall–Kier alpha value is -1.72. The normalized spacial score (nSPS) is 20.2. The van der Waals surface area contributed by atoms with Crippen LogP contribution in [0.5, 0.6) is 0 Å². The van der Waals surface area contributed by atoms with Gasteiger partial charge in [-0.15, -0.1) is 0 Å². The van der Waals surface area contributed by atoms with Crippen LogP contribution in [0.3, 0.4) is 0 Å². The van der Waals surface area contributed by atoms with Gasteiger partial charge in [-0.25, -0.2) is 4.39 Å². The number of hydrogen-bond donors (Lipinski definition) is 0. The van der Waals surface area contributed by atoms with Gasteiger partial charge in [0, 0.05) is 44.1 Å². The van der Waals surface area contributed by atoms with Gasteiger partial charge in [0.25, 0.3) is 0 Å². The number of benzene rings is 1. The van der Waals surface area contributed by atoms with Crippen LogP contribution in [-0.4, -0.2) is 41.4 Å². The van der Waals surface area contributed by atoms with Gasteiger partial charge in [-0.1, -0.05) is 26.0 Å². The Kier molecular flexibility index (Phi) is 6.89. The molecule has 5 heteroatoms. The van der Waals surface area contributed by atoms with Gasteiger partial charge in [-0.3, -0.25) is 9.69 Å². The third-order valence-corrected chi connectivity index (χ3v) is 6.34. The molecule has 2 aromatic rings. The summed E-state index contributed by atoms with van der Waals surface area (Å²) in [7, 11) is 0. The lowest BCUT2D eigenvalue weighted by Crippen LogP contribution is -2.43. The van der Waals surface area contributed by atoms with E-state index >= 15 is 0 Å². The molecule has 0 radical (unpaired) electrons. The summed E-state index contributed by atoms with van der Waals surface area (Å²) in [4.78, 5) is 17.2. The van der Waals surface area contributed by atoms with Crippen LogP contribution >= 0.6 is 11.3 Å². The highest BCUT2D eigenvalue weighted by Crippen LogP contribution is 2.35. The van der Waals surface area contributed by atoms with Crippen LogP contribution in [-0.2, 0) is 11.3 Å². The first kappa shape index (κ1) is 21.0. The molecule has 1 aliphatic rings. The predicted molar refractivity (Wildman–Crippen MR) is 114 cm³/mol. The summed E-state index contributed by atoms with van der Waals surface area (Å²) in [6, 6.07) is 9.31. The van der Waals surface area contributed by atoms with Crippen molar-refractivity contribution in [1.29, 1.82) is 0 Å². The maximum atomic E-state index is 13.9. The van der Waals surface area contributed by atoms with Crippen molar-refractivity contribution < 1.29 is 9.18 Å². The fraction of sp³-hybridized carbons (Fsp3) is 0.522. The smallest absolute Gasteiger partial charge is 0.225 e. The molecule has 152 valence electrons. The number of rotatable bonds is 7. The lowest BCUT2D eigenvalue weighted by Gasteiger charge is -2.33. The van der Waals surface area contributed by atoms with Gasteiger partial charge >= 0.3 is 0 Å². The van der Waals surface area contributed by atoms with Crippen LogP contribution in [0.1, 0.15) is 44.7 Å². The van der Waals surface area contributed by atoms with E-state index in [0.717, 1.165) is 31.7 Å². The molecule has 1 aliphatic heterocycles. The van der Waals surface area contributed by atoms with Gasteiger partial charge in [0.1, 0.15) is 5.82 Å². The van der Waals surface area contributed by atoms with E-state index in [1.165, 1.54) is 11.6 Å². The second-order valence-corrected chi connectivity index (χ2v) is 9.27. The summed E-state index contributed by atoms with van der Waals surface area (Å²) in [6.07, 6.45) is 0. The standard InChI is InChI=1S/C23H31FN2OS/c1-16(2)23(27)26(17(3)4)13-20-12-25(11-18-8-9-28-15-18)14-22(20)19-6-5-7-21(24)10-19/h5-10,15-17,20,22H,11-14H2,1-4H3. The molecule has 3 nitrogen and oxygen atoms in total. The Labute approximate surface area is 172 Å². The first-order valence-corrected chi connectivity index (χ1v) is 11.1. The predicted octanol–water partition coefficient (Wildman–Crippen LogP) is 5.00. The van der Waals surface area contributed by atoms with Crippen LogP contribution in [0.2, 0.25) is 0 Å². The summed E-state index contributed by atoms with van der Waals surface area (Å²) in [5, 5.41) is 4.29. The van der Waals surface area contributed by atoms with Crippen molar-refractivity contribution in [2.24, 2.45) is 11.8 Å². The minimum absolute atomic E-state index is 0.0154. The van der Waals surface area contributed by atoms with E-state index in [-0.39, 0.29) is 29.6 Å². The molecule has 3 rings (SSSR count). The van der Waals surface area contributed by atoms with E-state index in [1.807, 2.05) is 24.8 Å². The lowest BCUT2D eigenvalue weighted by atomic mass is 9.88. The molecule has 0 spiro atoms. The molecule has 1 fully saturated rings. The Bertz CT molecular complexity index is 775. The van der Waals surface area contributed by atoms with E-state index in [4.69, 9.17) is 0 Å². The van der Waals surface area contributed by atoms with Crippen LogP contribution in [0, 0.1) is 17.7 Å². The van der Waals surface area contributed by atoms with E-state index in [2.05, 4.69) is 35.6 Å². The van der Waals surface area contributed by atoms with Gasteiger partial charge in [0.2, 0.25) is 5.91 Å². The zero-order valence-electron chi connectivity index (χ0n) is 17.3. The molecule has 0 N–H and O–H groups in total. The number of carbonyl (C=O) groups excluding carboxylic acids is 1. The second-order valence-electron chi connectivity index (χ2n) is 8.49. The van der Waals surface area contributed by atoms with Gasteiger partial charge in [0.05, 0.1) is 0 Å². The van der Waals surface area contributed by atoms with Crippen molar-refractivity contribution in [2.75, 3.05) is 19.6 Å². The van der Waals surface area contributed by atoms with Gasteiger partial charge in [0.15, 0.2) is 0 Å². The summed E-state index contributed by atoms with van der Waals surface area (Å²) in [5.41, 5.74) is 2.36. The van der Waals surface area contributed by atoms with Crippen molar-refractivity contribution in [1.82, 2.24) is 9.80 Å². The fourth-order valence-corrected chi connectivity index (χ4v) is 4.83. The van der Waals surface area contributed by atoms with Crippen LogP contribution < -0.4 is 0 Å². The number of hydrogen-bond acceptors (Lipinski definition) is 3. The quantitative estimate of drug-likeness (QED) is 0.651. The van der Waals surface area contributed by atoms with E-state index < -0.39 is 0 Å². The summed E-state index contributed by atoms with van der Waals surface area (Å²) in [6.45, 7) is 11.5. The molecule has 2 atom stereocenters. The monoisotopic (exact) mass is 402 g/mol. The zero-order chi connectivity index (χ0) is 20.3. The van der Waals surface area contributed by atoms with Crippen molar-refractivity contribution in [3.05, 3.63) is 58.0 Å². The van der Waals surface area contributed by atoms with E-state index in [0.29, 0.717) is 5.92 Å². The van der Waals surface area contributed by atoms with Crippen molar-refractivity contribution >= 4 is 17.2 Å². The number of halogens is 1. The fourth-order valence-electron chi connectivity index (χ4n) is 4.17. The first-order chi connectivity index (χ1) is 13.3. The van der Waals surface area contributed by atoms with Gasteiger partial charge in [-0.2, -0.15) is 11.3 Å². The Morgan fingerprint density at radius 3 is 2.64 bits per heavy atom. The molecule has 1 saturated heterocycles.